The number of pyridine rings is 1. The molecule has 2 aromatic carbocycles. The minimum atomic E-state index is 0.0650. The summed E-state index contributed by atoms with van der Waals surface area (Å²) in [6.45, 7) is 2.81. The van der Waals surface area contributed by atoms with Crippen LogP contribution in [0.4, 0.5) is 0 Å². The van der Waals surface area contributed by atoms with Gasteiger partial charge in [0.15, 0.2) is 0 Å². The van der Waals surface area contributed by atoms with Crippen LogP contribution >= 0.6 is 23.2 Å². The van der Waals surface area contributed by atoms with Gasteiger partial charge in [0.1, 0.15) is 0 Å². The number of nitrogens with zero attached hydrogens (tertiary/aromatic N) is 2. The highest BCUT2D eigenvalue weighted by Crippen LogP contribution is 2.39. The van der Waals surface area contributed by atoms with Crippen molar-refractivity contribution in [3.8, 4) is 0 Å². The van der Waals surface area contributed by atoms with Gasteiger partial charge in [0.05, 0.1) is 6.04 Å². The molecule has 1 aliphatic heterocycles. The minimum absolute atomic E-state index is 0.0650. The number of piperidine rings is 1. The molecule has 36 heavy (non-hydrogen) atoms. The number of benzene rings is 2. The molecule has 0 unspecified atom stereocenters. The molecule has 1 aromatic heterocycles. The van der Waals surface area contributed by atoms with Gasteiger partial charge in [0.25, 0.3) is 0 Å². The van der Waals surface area contributed by atoms with E-state index in [0.717, 1.165) is 71.6 Å². The number of aryl methyl sites for hydroxylation is 1. The molecule has 1 fully saturated rings. The third kappa shape index (κ3) is 7.55. The molecule has 0 spiro atoms. The van der Waals surface area contributed by atoms with E-state index in [0.29, 0.717) is 6.42 Å². The Kier molecular flexibility index (Phi) is 10.2. The van der Waals surface area contributed by atoms with Gasteiger partial charge in [-0.05, 0) is 79.6 Å². The molecule has 2 heterocycles. The van der Waals surface area contributed by atoms with Crippen LogP contribution in [0.25, 0.3) is 0 Å². The summed E-state index contributed by atoms with van der Waals surface area (Å²) in [7, 11) is 0. The number of amides is 1. The van der Waals surface area contributed by atoms with Crippen molar-refractivity contribution in [1.82, 2.24) is 15.2 Å². The summed E-state index contributed by atoms with van der Waals surface area (Å²) in [4.78, 5) is 18.7. The van der Waals surface area contributed by atoms with Crippen LogP contribution in [0.5, 0.6) is 0 Å². The summed E-state index contributed by atoms with van der Waals surface area (Å²) in [5, 5.41) is 4.64. The molecule has 3 aromatic rings. The highest BCUT2D eigenvalue weighted by molar-refractivity contribution is 6.32. The first-order valence-corrected chi connectivity index (χ1v) is 13.8. The maximum atomic E-state index is 12.1. The summed E-state index contributed by atoms with van der Waals surface area (Å²) in [6, 6.07) is 20.2. The van der Waals surface area contributed by atoms with Crippen LogP contribution in [0.2, 0.25) is 10.0 Å². The van der Waals surface area contributed by atoms with Crippen molar-refractivity contribution in [3.63, 3.8) is 0 Å². The fourth-order valence-electron chi connectivity index (χ4n) is 5.13. The standard InChI is InChI=1S/C30H35Cl2N3O/c31-27-12-3-1-10-25(27)30(26-11-2-4-13-28(26)32)35-20-16-23(17-21-35)8-5-6-19-34-29(36)15-14-24-9-7-18-33-22-24/h1-4,7,9-13,18,22-23,30H,5-6,8,14-17,19-21H2,(H,34,36). The summed E-state index contributed by atoms with van der Waals surface area (Å²) in [5.41, 5.74) is 3.33. The lowest BCUT2D eigenvalue weighted by molar-refractivity contribution is -0.121. The molecular weight excluding hydrogens is 489 g/mol. The van der Waals surface area contributed by atoms with Gasteiger partial charge < -0.3 is 5.32 Å². The summed E-state index contributed by atoms with van der Waals surface area (Å²) in [5.74, 6) is 0.845. The van der Waals surface area contributed by atoms with Crippen LogP contribution in [0.15, 0.2) is 73.1 Å². The molecule has 190 valence electrons. The molecule has 0 bridgehead atoms. The van der Waals surface area contributed by atoms with Gasteiger partial charge in [0.2, 0.25) is 5.91 Å². The average molecular weight is 525 g/mol. The van der Waals surface area contributed by atoms with Gasteiger partial charge in [-0.1, -0.05) is 78.5 Å². The van der Waals surface area contributed by atoms with Crippen molar-refractivity contribution in [2.24, 2.45) is 5.92 Å². The van der Waals surface area contributed by atoms with Gasteiger partial charge in [0, 0.05) is 35.4 Å². The maximum Gasteiger partial charge on any atom is 0.220 e. The average Bonchev–Trinajstić information content (AvgIpc) is 2.91. The van der Waals surface area contributed by atoms with Crippen molar-refractivity contribution >= 4 is 29.1 Å². The molecular formula is C30H35Cl2N3O. The van der Waals surface area contributed by atoms with E-state index in [1.165, 1.54) is 19.3 Å². The first kappa shape index (κ1) is 26.7. The third-order valence-corrected chi connectivity index (χ3v) is 7.83. The first-order chi connectivity index (χ1) is 17.6. The number of carbonyl (C=O) groups is 1. The molecule has 1 N–H and O–H groups in total. The number of hydrogen-bond acceptors (Lipinski definition) is 3. The first-order valence-electron chi connectivity index (χ1n) is 13.0. The Balaban J connectivity index is 1.21. The van der Waals surface area contributed by atoms with Crippen molar-refractivity contribution < 1.29 is 4.79 Å². The van der Waals surface area contributed by atoms with Gasteiger partial charge in [-0.2, -0.15) is 0 Å². The van der Waals surface area contributed by atoms with Crippen LogP contribution in [-0.4, -0.2) is 35.4 Å². The quantitative estimate of drug-likeness (QED) is 0.272. The van der Waals surface area contributed by atoms with E-state index < -0.39 is 0 Å². The molecule has 0 atom stereocenters. The lowest BCUT2D eigenvalue weighted by atomic mass is 9.88. The smallest absolute Gasteiger partial charge is 0.220 e. The number of rotatable bonds is 11. The second-order valence-corrected chi connectivity index (χ2v) is 10.4. The molecule has 1 amide bonds. The van der Waals surface area contributed by atoms with E-state index in [2.05, 4.69) is 39.5 Å². The Bertz CT molecular complexity index is 1050. The number of halogens is 2. The van der Waals surface area contributed by atoms with E-state index in [1.54, 1.807) is 6.20 Å². The number of carbonyl (C=O) groups excluding carboxylic acids is 1. The number of unbranched alkanes of at least 4 members (excludes halogenated alkanes) is 1. The van der Waals surface area contributed by atoms with Crippen molar-refractivity contribution in [2.75, 3.05) is 19.6 Å². The van der Waals surface area contributed by atoms with Crippen LogP contribution < -0.4 is 5.32 Å². The SMILES string of the molecule is O=C(CCc1cccnc1)NCCCCC1CCN(C(c2ccccc2Cl)c2ccccc2Cl)CC1. The molecule has 4 rings (SSSR count). The van der Waals surface area contributed by atoms with E-state index in [9.17, 15) is 4.79 Å². The van der Waals surface area contributed by atoms with Gasteiger partial charge >= 0.3 is 0 Å². The van der Waals surface area contributed by atoms with Crippen LogP contribution in [0.1, 0.15) is 61.3 Å². The van der Waals surface area contributed by atoms with Crippen LogP contribution in [0.3, 0.4) is 0 Å². The minimum Gasteiger partial charge on any atom is -0.356 e. The van der Waals surface area contributed by atoms with Gasteiger partial charge in [-0.25, -0.2) is 0 Å². The molecule has 1 saturated heterocycles. The summed E-state index contributed by atoms with van der Waals surface area (Å²) < 4.78 is 0. The molecule has 1 aliphatic rings. The van der Waals surface area contributed by atoms with Gasteiger partial charge in [-0.3, -0.25) is 14.7 Å². The number of likely N-dealkylation sites (tertiary alicyclic amines) is 1. The Morgan fingerprint density at radius 3 is 2.22 bits per heavy atom. The monoisotopic (exact) mass is 523 g/mol. The zero-order valence-corrected chi connectivity index (χ0v) is 22.2. The van der Waals surface area contributed by atoms with E-state index in [4.69, 9.17) is 23.2 Å². The summed E-state index contributed by atoms with van der Waals surface area (Å²) in [6.07, 6.45) is 10.6. The van der Waals surface area contributed by atoms with Crippen LogP contribution in [-0.2, 0) is 11.2 Å². The lowest BCUT2D eigenvalue weighted by Gasteiger charge is -2.38. The number of hydrogen-bond donors (Lipinski definition) is 1. The normalized spacial score (nSPS) is 14.8. The fourth-order valence-corrected chi connectivity index (χ4v) is 5.61. The van der Waals surface area contributed by atoms with Crippen molar-refractivity contribution in [3.05, 3.63) is 99.8 Å². The van der Waals surface area contributed by atoms with E-state index in [1.807, 2.05) is 42.6 Å². The third-order valence-electron chi connectivity index (χ3n) is 7.14. The number of aromatic nitrogens is 1. The molecule has 6 heteroatoms. The predicted octanol–water partition coefficient (Wildman–Crippen LogP) is 7.11. The Hall–Kier alpha value is -2.40. The van der Waals surface area contributed by atoms with Gasteiger partial charge in [-0.15, -0.1) is 0 Å². The van der Waals surface area contributed by atoms with Crippen molar-refractivity contribution in [2.45, 2.75) is 51.0 Å². The molecule has 4 nitrogen and oxygen atoms in total. The van der Waals surface area contributed by atoms with E-state index in [-0.39, 0.29) is 11.9 Å². The highest BCUT2D eigenvalue weighted by atomic mass is 35.5. The fraction of sp³-hybridized carbons (Fsp3) is 0.400. The largest absolute Gasteiger partial charge is 0.356 e. The topological polar surface area (TPSA) is 45.2 Å². The maximum absolute atomic E-state index is 12.1. The molecule has 0 radical (unpaired) electrons. The van der Waals surface area contributed by atoms with E-state index >= 15 is 0 Å². The van der Waals surface area contributed by atoms with Crippen LogP contribution in [0, 0.1) is 5.92 Å². The second-order valence-electron chi connectivity index (χ2n) is 9.63. The van der Waals surface area contributed by atoms with Crippen molar-refractivity contribution in [1.29, 1.82) is 0 Å². The number of nitrogens with one attached hydrogen (secondary N) is 1. The Morgan fingerprint density at radius 1 is 0.944 bits per heavy atom. The predicted molar refractivity (Wildman–Crippen MR) is 148 cm³/mol. The summed E-state index contributed by atoms with van der Waals surface area (Å²) >= 11 is 13.3. The second kappa shape index (κ2) is 13.8. The highest BCUT2D eigenvalue weighted by Gasteiger charge is 2.29. The Morgan fingerprint density at radius 2 is 1.61 bits per heavy atom. The lowest BCUT2D eigenvalue weighted by Crippen LogP contribution is -2.37. The Labute approximate surface area is 225 Å². The zero-order valence-electron chi connectivity index (χ0n) is 20.7. The zero-order chi connectivity index (χ0) is 25.2. The molecule has 0 aliphatic carbocycles. The molecule has 0 saturated carbocycles.